The van der Waals surface area contributed by atoms with Crippen LogP contribution >= 0.6 is 11.5 Å². The van der Waals surface area contributed by atoms with E-state index < -0.39 is 0 Å². The minimum Gasteiger partial charge on any atom is -0.379 e. The molecule has 0 unspecified atom stereocenters. The van der Waals surface area contributed by atoms with E-state index in [2.05, 4.69) is 33.0 Å². The first-order valence-electron chi connectivity index (χ1n) is 8.59. The minimum absolute atomic E-state index is 0.0578. The molecule has 0 N–H and O–H groups in total. The Balaban J connectivity index is 1.58. The van der Waals surface area contributed by atoms with Crippen molar-refractivity contribution in [3.05, 3.63) is 28.0 Å². The Hall–Kier alpha value is -1.84. The highest BCUT2D eigenvalue weighted by molar-refractivity contribution is 7.03. The first-order chi connectivity index (χ1) is 12.1. The number of aromatic nitrogens is 4. The van der Waals surface area contributed by atoms with Crippen molar-refractivity contribution >= 4 is 17.4 Å². The maximum Gasteiger partial charge on any atom is 0.275 e. The van der Waals surface area contributed by atoms with E-state index in [0.29, 0.717) is 18.8 Å². The first-order valence-corrected chi connectivity index (χ1v) is 9.42. The summed E-state index contributed by atoms with van der Waals surface area (Å²) in [5.41, 5.74) is 3.85. The maximum absolute atomic E-state index is 12.6. The summed E-state index contributed by atoms with van der Waals surface area (Å²) < 4.78 is 11.3. The fourth-order valence-electron chi connectivity index (χ4n) is 3.42. The average molecular weight is 362 g/mol. The highest BCUT2D eigenvalue weighted by atomic mass is 32.1. The number of morpholine rings is 1. The summed E-state index contributed by atoms with van der Waals surface area (Å²) in [5, 5.41) is 10.5. The van der Waals surface area contributed by atoms with E-state index in [4.69, 9.17) is 9.84 Å². The molecule has 0 saturated carbocycles. The smallest absolute Gasteiger partial charge is 0.275 e. The number of hydrogen-bond acceptors (Lipinski definition) is 7. The van der Waals surface area contributed by atoms with Crippen LogP contribution < -0.4 is 0 Å². The fraction of sp³-hybridized carbons (Fsp3) is 0.625. The summed E-state index contributed by atoms with van der Waals surface area (Å²) in [7, 11) is 0. The van der Waals surface area contributed by atoms with Crippen LogP contribution in [-0.4, -0.2) is 61.4 Å². The van der Waals surface area contributed by atoms with Gasteiger partial charge in [-0.15, -0.1) is 5.10 Å². The Morgan fingerprint density at radius 2 is 2.12 bits per heavy atom. The monoisotopic (exact) mass is 362 g/mol. The number of amides is 1. The molecule has 2 aliphatic rings. The predicted molar refractivity (Wildman–Crippen MR) is 92.2 cm³/mol. The molecular weight excluding hydrogens is 340 g/mol. The van der Waals surface area contributed by atoms with Crippen LogP contribution in [0.1, 0.15) is 47.3 Å². The third-order valence-corrected chi connectivity index (χ3v) is 5.23. The van der Waals surface area contributed by atoms with Gasteiger partial charge < -0.3 is 9.64 Å². The molecular formula is C16H22N6O2S. The van der Waals surface area contributed by atoms with Gasteiger partial charge in [-0.1, -0.05) is 4.49 Å². The normalized spacial score (nSPS) is 18.1. The number of rotatable bonds is 4. The second-order valence-electron chi connectivity index (χ2n) is 6.75. The van der Waals surface area contributed by atoms with E-state index in [1.807, 2.05) is 4.90 Å². The van der Waals surface area contributed by atoms with Crippen LogP contribution in [0.25, 0.3) is 0 Å². The molecule has 0 spiro atoms. The molecule has 4 heterocycles. The maximum atomic E-state index is 12.6. The van der Waals surface area contributed by atoms with Crippen LogP contribution in [0.5, 0.6) is 0 Å². The summed E-state index contributed by atoms with van der Waals surface area (Å²) in [6.07, 6.45) is 0. The Bertz CT molecular complexity index is 751. The quantitative estimate of drug-likeness (QED) is 0.816. The largest absolute Gasteiger partial charge is 0.379 e. The van der Waals surface area contributed by atoms with Gasteiger partial charge in [0.05, 0.1) is 37.7 Å². The van der Waals surface area contributed by atoms with Crippen LogP contribution in [0.2, 0.25) is 0 Å². The van der Waals surface area contributed by atoms with Crippen molar-refractivity contribution in [1.82, 2.24) is 29.2 Å². The molecule has 0 bridgehead atoms. The average Bonchev–Trinajstić information content (AvgIpc) is 3.33. The zero-order valence-corrected chi connectivity index (χ0v) is 15.3. The summed E-state index contributed by atoms with van der Waals surface area (Å²) in [6.45, 7) is 9.64. The highest BCUT2D eigenvalue weighted by Crippen LogP contribution is 2.30. The number of carbonyl (C=O) groups excluding carboxylic acids is 1. The molecule has 2 aliphatic heterocycles. The number of carbonyl (C=O) groups is 1. The summed E-state index contributed by atoms with van der Waals surface area (Å²) in [6, 6.07) is 0.267. The molecule has 25 heavy (non-hydrogen) atoms. The summed E-state index contributed by atoms with van der Waals surface area (Å²) in [5.74, 6) is -0.0578. The van der Waals surface area contributed by atoms with E-state index in [9.17, 15) is 4.79 Å². The van der Waals surface area contributed by atoms with Gasteiger partial charge in [-0.2, -0.15) is 5.10 Å². The number of nitrogens with zero attached hydrogens (tertiary/aromatic N) is 6. The third kappa shape index (κ3) is 3.19. The van der Waals surface area contributed by atoms with Crippen molar-refractivity contribution in [1.29, 1.82) is 0 Å². The lowest BCUT2D eigenvalue weighted by Gasteiger charge is -2.26. The molecule has 0 aromatic carbocycles. The lowest BCUT2D eigenvalue weighted by atomic mass is 10.2. The Morgan fingerprint density at radius 3 is 2.80 bits per heavy atom. The third-order valence-electron chi connectivity index (χ3n) is 4.72. The predicted octanol–water partition coefficient (Wildman–Crippen LogP) is 1.30. The second kappa shape index (κ2) is 6.81. The molecule has 9 heteroatoms. The van der Waals surface area contributed by atoms with Crippen LogP contribution in [0.15, 0.2) is 5.38 Å². The van der Waals surface area contributed by atoms with Gasteiger partial charge in [0.15, 0.2) is 5.69 Å². The molecule has 0 aliphatic carbocycles. The van der Waals surface area contributed by atoms with E-state index >= 15 is 0 Å². The first kappa shape index (κ1) is 16.6. The second-order valence-corrected chi connectivity index (χ2v) is 7.36. The highest BCUT2D eigenvalue weighted by Gasteiger charge is 2.33. The number of fused-ring (bicyclic) bond motifs is 1. The zero-order valence-electron chi connectivity index (χ0n) is 14.5. The van der Waals surface area contributed by atoms with Crippen molar-refractivity contribution in [3.8, 4) is 0 Å². The van der Waals surface area contributed by atoms with Gasteiger partial charge in [-0.05, 0) is 25.4 Å². The molecule has 8 nitrogen and oxygen atoms in total. The molecule has 1 amide bonds. The standard InChI is InChI=1S/C16H22N6O2S/c1-11(2)22-15-9-21(16(23)14-10-25-19-17-14)7-12(15)13(18-22)8-20-3-5-24-6-4-20/h10-11H,3-9H2,1-2H3. The summed E-state index contributed by atoms with van der Waals surface area (Å²) in [4.78, 5) is 16.8. The molecule has 2 aromatic heterocycles. The van der Waals surface area contributed by atoms with Crippen LogP contribution in [0, 0.1) is 0 Å². The SMILES string of the molecule is CC(C)n1nc(CN2CCOCC2)c2c1CN(C(=O)c1csnn1)C2. The zero-order chi connectivity index (χ0) is 17.4. The lowest BCUT2D eigenvalue weighted by molar-refractivity contribution is 0.0333. The van der Waals surface area contributed by atoms with Gasteiger partial charge in [-0.25, -0.2) is 0 Å². The molecule has 0 atom stereocenters. The fourth-order valence-corrected chi connectivity index (χ4v) is 3.85. The van der Waals surface area contributed by atoms with Crippen molar-refractivity contribution in [2.24, 2.45) is 0 Å². The Labute approximate surface area is 150 Å². The van der Waals surface area contributed by atoms with E-state index in [1.165, 1.54) is 17.1 Å². The molecule has 4 rings (SSSR count). The van der Waals surface area contributed by atoms with Gasteiger partial charge in [0, 0.05) is 36.6 Å². The van der Waals surface area contributed by atoms with E-state index in [0.717, 1.165) is 44.2 Å². The van der Waals surface area contributed by atoms with Crippen molar-refractivity contribution in [3.63, 3.8) is 0 Å². The molecule has 134 valence electrons. The van der Waals surface area contributed by atoms with Gasteiger partial charge in [0.1, 0.15) is 0 Å². The Morgan fingerprint density at radius 1 is 1.32 bits per heavy atom. The van der Waals surface area contributed by atoms with Crippen molar-refractivity contribution in [2.45, 2.75) is 39.5 Å². The lowest BCUT2D eigenvalue weighted by Crippen LogP contribution is -2.36. The number of ether oxygens (including phenoxy) is 1. The molecule has 1 fully saturated rings. The van der Waals surface area contributed by atoms with E-state index in [1.54, 1.807) is 5.38 Å². The van der Waals surface area contributed by atoms with Gasteiger partial charge in [0.25, 0.3) is 5.91 Å². The number of hydrogen-bond donors (Lipinski definition) is 0. The van der Waals surface area contributed by atoms with Crippen LogP contribution in [0.3, 0.4) is 0 Å². The van der Waals surface area contributed by atoms with Crippen LogP contribution in [0.4, 0.5) is 0 Å². The van der Waals surface area contributed by atoms with Gasteiger partial charge >= 0.3 is 0 Å². The van der Waals surface area contributed by atoms with E-state index in [-0.39, 0.29) is 11.9 Å². The molecule has 0 radical (unpaired) electrons. The Kier molecular flexibility index (Phi) is 4.53. The molecule has 2 aromatic rings. The van der Waals surface area contributed by atoms with Gasteiger partial charge in [0.2, 0.25) is 0 Å². The van der Waals surface area contributed by atoms with Crippen molar-refractivity contribution in [2.75, 3.05) is 26.3 Å². The van der Waals surface area contributed by atoms with Gasteiger partial charge in [-0.3, -0.25) is 14.4 Å². The van der Waals surface area contributed by atoms with Crippen molar-refractivity contribution < 1.29 is 9.53 Å². The summed E-state index contributed by atoms with van der Waals surface area (Å²) >= 11 is 1.20. The molecule has 1 saturated heterocycles. The topological polar surface area (TPSA) is 76.4 Å². The van der Waals surface area contributed by atoms with Crippen LogP contribution in [-0.2, 0) is 24.4 Å². The minimum atomic E-state index is -0.0578.